The molecule has 3 nitrogen and oxygen atoms in total. The van der Waals surface area contributed by atoms with E-state index in [0.29, 0.717) is 0 Å². The van der Waals surface area contributed by atoms with Crippen molar-refractivity contribution < 1.29 is 4.79 Å². The summed E-state index contributed by atoms with van der Waals surface area (Å²) in [5.41, 5.74) is 8.15. The van der Waals surface area contributed by atoms with E-state index in [1.165, 1.54) is 18.4 Å². The standard InChI is InChI=1S/C15H22N2O/c1-10-4-7-13(11(2)8-10)15(3,14(16)18)17-9-12-5-6-12/h4,7-8,12,17H,5-6,9H2,1-3H3,(H2,16,18). The van der Waals surface area contributed by atoms with Gasteiger partial charge in [-0.3, -0.25) is 10.1 Å². The molecule has 1 aliphatic carbocycles. The van der Waals surface area contributed by atoms with Crippen LogP contribution in [0.2, 0.25) is 0 Å². The Hall–Kier alpha value is -1.35. The van der Waals surface area contributed by atoms with Crippen LogP contribution in [0.1, 0.15) is 36.5 Å². The Balaban J connectivity index is 2.29. The molecule has 0 saturated heterocycles. The maximum atomic E-state index is 11.9. The molecule has 3 N–H and O–H groups in total. The van der Waals surface area contributed by atoms with Gasteiger partial charge in [-0.1, -0.05) is 23.8 Å². The molecule has 0 aliphatic heterocycles. The highest BCUT2D eigenvalue weighted by molar-refractivity contribution is 5.86. The van der Waals surface area contributed by atoms with Crippen molar-refractivity contribution in [3.05, 3.63) is 34.9 Å². The molecular formula is C15H22N2O. The van der Waals surface area contributed by atoms with Gasteiger partial charge in [0.2, 0.25) is 5.91 Å². The number of hydrogen-bond acceptors (Lipinski definition) is 2. The maximum absolute atomic E-state index is 11.9. The normalized spacial score (nSPS) is 18.4. The first-order chi connectivity index (χ1) is 8.43. The van der Waals surface area contributed by atoms with E-state index in [1.807, 2.05) is 26.0 Å². The summed E-state index contributed by atoms with van der Waals surface area (Å²) in [5.74, 6) is 0.407. The van der Waals surface area contributed by atoms with E-state index < -0.39 is 5.54 Å². The second-order valence-electron chi connectivity index (χ2n) is 5.63. The molecule has 1 fully saturated rings. The monoisotopic (exact) mass is 246 g/mol. The molecule has 0 aromatic heterocycles. The van der Waals surface area contributed by atoms with Crippen LogP contribution in [0.15, 0.2) is 18.2 Å². The minimum atomic E-state index is -0.764. The number of benzene rings is 1. The lowest BCUT2D eigenvalue weighted by atomic mass is 9.87. The molecule has 1 aromatic rings. The lowest BCUT2D eigenvalue weighted by Crippen LogP contribution is -2.51. The third kappa shape index (κ3) is 2.56. The van der Waals surface area contributed by atoms with E-state index in [1.54, 1.807) is 0 Å². The average Bonchev–Trinajstić information content (AvgIpc) is 3.09. The van der Waals surface area contributed by atoms with E-state index in [-0.39, 0.29) is 5.91 Å². The van der Waals surface area contributed by atoms with Gasteiger partial charge in [0.1, 0.15) is 5.54 Å². The van der Waals surface area contributed by atoms with Crippen LogP contribution < -0.4 is 11.1 Å². The van der Waals surface area contributed by atoms with Crippen LogP contribution in [-0.2, 0) is 10.3 Å². The number of primary amides is 1. The first-order valence-electron chi connectivity index (χ1n) is 6.56. The Kier molecular flexibility index (Phi) is 3.44. The summed E-state index contributed by atoms with van der Waals surface area (Å²) in [7, 11) is 0. The topological polar surface area (TPSA) is 55.1 Å². The molecule has 1 aliphatic rings. The van der Waals surface area contributed by atoms with Crippen molar-refractivity contribution in [1.29, 1.82) is 0 Å². The van der Waals surface area contributed by atoms with Gasteiger partial charge in [-0.15, -0.1) is 0 Å². The van der Waals surface area contributed by atoms with Crippen molar-refractivity contribution >= 4 is 5.91 Å². The molecule has 1 unspecified atom stereocenters. The molecule has 2 rings (SSSR count). The lowest BCUT2D eigenvalue weighted by molar-refractivity contribution is -0.124. The third-order valence-electron chi connectivity index (χ3n) is 3.85. The number of nitrogens with two attached hydrogens (primary N) is 1. The molecule has 98 valence electrons. The summed E-state index contributed by atoms with van der Waals surface area (Å²) in [5, 5.41) is 3.36. The van der Waals surface area contributed by atoms with Crippen LogP contribution in [-0.4, -0.2) is 12.5 Å². The largest absolute Gasteiger partial charge is 0.368 e. The van der Waals surface area contributed by atoms with E-state index in [4.69, 9.17) is 5.73 Å². The van der Waals surface area contributed by atoms with Gasteiger partial charge in [-0.2, -0.15) is 0 Å². The summed E-state index contributed by atoms with van der Waals surface area (Å²) in [6, 6.07) is 6.13. The minimum Gasteiger partial charge on any atom is -0.368 e. The molecule has 18 heavy (non-hydrogen) atoms. The van der Waals surface area contributed by atoms with Gasteiger partial charge < -0.3 is 5.73 Å². The third-order valence-corrected chi connectivity index (χ3v) is 3.85. The summed E-state index contributed by atoms with van der Waals surface area (Å²) in [4.78, 5) is 11.9. The second kappa shape index (κ2) is 4.73. The quantitative estimate of drug-likeness (QED) is 0.835. The fraction of sp³-hybridized carbons (Fsp3) is 0.533. The Morgan fingerprint density at radius 2 is 2.11 bits per heavy atom. The van der Waals surface area contributed by atoms with Gasteiger partial charge >= 0.3 is 0 Å². The molecule has 0 bridgehead atoms. The van der Waals surface area contributed by atoms with Crippen LogP contribution in [0.4, 0.5) is 0 Å². The summed E-state index contributed by atoms with van der Waals surface area (Å²) >= 11 is 0. The van der Waals surface area contributed by atoms with Gasteiger partial charge in [0, 0.05) is 0 Å². The molecule has 1 atom stereocenters. The number of carbonyl (C=O) groups is 1. The highest BCUT2D eigenvalue weighted by Gasteiger charge is 2.35. The van der Waals surface area contributed by atoms with Crippen molar-refractivity contribution in [3.8, 4) is 0 Å². The van der Waals surface area contributed by atoms with Crippen molar-refractivity contribution in [2.24, 2.45) is 11.7 Å². The van der Waals surface area contributed by atoms with Gasteiger partial charge in [-0.05, 0) is 57.2 Å². The Labute approximate surface area is 109 Å². The number of amides is 1. The van der Waals surface area contributed by atoms with Gasteiger partial charge in [0.15, 0.2) is 0 Å². The van der Waals surface area contributed by atoms with Gasteiger partial charge in [-0.25, -0.2) is 0 Å². The van der Waals surface area contributed by atoms with E-state index >= 15 is 0 Å². The smallest absolute Gasteiger partial charge is 0.242 e. The number of hydrogen-bond donors (Lipinski definition) is 2. The maximum Gasteiger partial charge on any atom is 0.242 e. The summed E-state index contributed by atoms with van der Waals surface area (Å²) in [6.07, 6.45) is 2.52. The number of carbonyl (C=O) groups excluding carboxylic acids is 1. The molecule has 0 spiro atoms. The molecule has 1 saturated carbocycles. The first-order valence-corrected chi connectivity index (χ1v) is 6.56. The van der Waals surface area contributed by atoms with Crippen LogP contribution in [0.25, 0.3) is 0 Å². The van der Waals surface area contributed by atoms with Crippen molar-refractivity contribution in [1.82, 2.24) is 5.32 Å². The van der Waals surface area contributed by atoms with Crippen LogP contribution in [0.3, 0.4) is 0 Å². The van der Waals surface area contributed by atoms with Crippen molar-refractivity contribution in [3.63, 3.8) is 0 Å². The van der Waals surface area contributed by atoms with E-state index in [2.05, 4.69) is 18.3 Å². The molecule has 1 aromatic carbocycles. The zero-order chi connectivity index (χ0) is 13.3. The van der Waals surface area contributed by atoms with Gasteiger partial charge in [0.05, 0.1) is 0 Å². The number of aryl methyl sites for hydroxylation is 2. The minimum absolute atomic E-state index is 0.310. The van der Waals surface area contributed by atoms with Crippen molar-refractivity contribution in [2.45, 2.75) is 39.2 Å². The van der Waals surface area contributed by atoms with E-state index in [9.17, 15) is 4.79 Å². The Morgan fingerprint density at radius 1 is 1.44 bits per heavy atom. The second-order valence-corrected chi connectivity index (χ2v) is 5.63. The lowest BCUT2D eigenvalue weighted by Gasteiger charge is -2.30. The Bertz CT molecular complexity index is 466. The predicted molar refractivity (Wildman–Crippen MR) is 73.2 cm³/mol. The zero-order valence-corrected chi connectivity index (χ0v) is 11.4. The Morgan fingerprint density at radius 3 is 2.61 bits per heavy atom. The van der Waals surface area contributed by atoms with Crippen molar-refractivity contribution in [2.75, 3.05) is 6.54 Å². The fourth-order valence-electron chi connectivity index (χ4n) is 2.36. The molecule has 0 heterocycles. The number of nitrogens with one attached hydrogen (secondary N) is 1. The SMILES string of the molecule is Cc1ccc(C(C)(NCC2CC2)C(N)=O)c(C)c1. The first kappa shape index (κ1) is 13.1. The predicted octanol–water partition coefficient (Wildman–Crippen LogP) is 2.00. The van der Waals surface area contributed by atoms with Gasteiger partial charge in [0.25, 0.3) is 0 Å². The average molecular weight is 246 g/mol. The number of rotatable bonds is 5. The fourth-order valence-corrected chi connectivity index (χ4v) is 2.36. The molecular weight excluding hydrogens is 224 g/mol. The molecule has 3 heteroatoms. The van der Waals surface area contributed by atoms with E-state index in [0.717, 1.165) is 23.6 Å². The highest BCUT2D eigenvalue weighted by Crippen LogP contribution is 2.31. The van der Waals surface area contributed by atoms with Crippen LogP contribution >= 0.6 is 0 Å². The highest BCUT2D eigenvalue weighted by atomic mass is 16.1. The molecule has 1 amide bonds. The zero-order valence-electron chi connectivity index (χ0n) is 11.4. The van der Waals surface area contributed by atoms with Crippen LogP contribution in [0.5, 0.6) is 0 Å². The summed E-state index contributed by atoms with van der Waals surface area (Å²) < 4.78 is 0. The molecule has 0 radical (unpaired) electrons. The van der Waals surface area contributed by atoms with Crippen LogP contribution in [0, 0.1) is 19.8 Å². The summed E-state index contributed by atoms with van der Waals surface area (Å²) in [6.45, 7) is 6.83.